The van der Waals surface area contributed by atoms with Crippen LogP contribution in [0.2, 0.25) is 0 Å². The second-order valence-electron chi connectivity index (χ2n) is 6.29. The molecule has 4 nitrogen and oxygen atoms in total. The molecule has 4 rings (SSSR count). The molecule has 1 aromatic rings. The highest BCUT2D eigenvalue weighted by molar-refractivity contribution is 6.39. The van der Waals surface area contributed by atoms with Crippen LogP contribution in [0.25, 0.3) is 0 Å². The van der Waals surface area contributed by atoms with Crippen LogP contribution >= 0.6 is 23.2 Å². The largest absolute Gasteiger partial charge is 0.352 e. The molecule has 1 amide bonds. The summed E-state index contributed by atoms with van der Waals surface area (Å²) in [4.78, 5) is 5.98. The maximum atomic E-state index is 14.3. The van der Waals surface area contributed by atoms with Gasteiger partial charge in [0.15, 0.2) is 4.87 Å². The molecule has 10 heteroatoms. The van der Waals surface area contributed by atoms with E-state index in [4.69, 9.17) is 23.2 Å². The van der Waals surface area contributed by atoms with Gasteiger partial charge in [-0.2, -0.15) is 27.8 Å². The number of alkyl halides is 6. The maximum Gasteiger partial charge on any atom is 0.352 e. The molecule has 1 saturated heterocycles. The third kappa shape index (κ3) is 1.59. The van der Waals surface area contributed by atoms with Gasteiger partial charge in [-0.3, -0.25) is 4.79 Å². The van der Waals surface area contributed by atoms with Crippen molar-refractivity contribution in [3.8, 4) is 0 Å². The van der Waals surface area contributed by atoms with Crippen LogP contribution in [0.4, 0.5) is 17.6 Å². The minimum absolute atomic E-state index is 0.293. The molecule has 3 aliphatic rings. The monoisotopic (exact) mass is 407 g/mol. The highest BCUT2D eigenvalue weighted by Gasteiger charge is 3.02. The maximum absolute atomic E-state index is 14.3. The number of hydrazone groups is 1. The minimum atomic E-state index is -4.73. The first-order valence-electron chi connectivity index (χ1n) is 7.57. The predicted octanol–water partition coefficient (Wildman–Crippen LogP) is 3.61. The molecule has 138 valence electrons. The van der Waals surface area contributed by atoms with Crippen LogP contribution < -0.4 is 0 Å². The van der Waals surface area contributed by atoms with E-state index in [-0.39, 0.29) is 0 Å². The Labute approximate surface area is 155 Å². The summed E-state index contributed by atoms with van der Waals surface area (Å²) in [5.74, 6) is -10.3. The molecule has 2 aliphatic heterocycles. The number of carbonyl (C=O) groups excluding carboxylic acids is 1. The number of hydrogen-bond acceptors (Lipinski definition) is 3. The van der Waals surface area contributed by atoms with Crippen molar-refractivity contribution < 1.29 is 22.4 Å². The number of carbonyl (C=O) groups is 1. The van der Waals surface area contributed by atoms with Gasteiger partial charge in [0, 0.05) is 12.5 Å². The van der Waals surface area contributed by atoms with E-state index in [1.54, 1.807) is 30.3 Å². The lowest BCUT2D eigenvalue weighted by molar-refractivity contribution is -0.340. The van der Waals surface area contributed by atoms with E-state index in [9.17, 15) is 22.4 Å². The molecule has 2 heterocycles. The van der Waals surface area contributed by atoms with E-state index < -0.39 is 33.7 Å². The van der Waals surface area contributed by atoms with Gasteiger partial charge < -0.3 is 0 Å². The van der Waals surface area contributed by atoms with Crippen molar-refractivity contribution in [3.05, 3.63) is 48.0 Å². The zero-order valence-corrected chi connectivity index (χ0v) is 14.6. The Morgan fingerprint density at radius 3 is 2.31 bits per heavy atom. The molecule has 0 radical (unpaired) electrons. The van der Waals surface area contributed by atoms with E-state index in [2.05, 4.69) is 5.10 Å². The van der Waals surface area contributed by atoms with E-state index in [0.717, 1.165) is 12.0 Å². The first kappa shape index (κ1) is 17.6. The fraction of sp³-hybridized carbons (Fsp3) is 0.375. The molecule has 2 fully saturated rings. The van der Waals surface area contributed by atoms with Gasteiger partial charge in [0.2, 0.25) is 10.9 Å². The fourth-order valence-electron chi connectivity index (χ4n) is 3.67. The first-order chi connectivity index (χ1) is 12.0. The van der Waals surface area contributed by atoms with Gasteiger partial charge in [0.25, 0.3) is 0 Å². The quantitative estimate of drug-likeness (QED) is 0.405. The summed E-state index contributed by atoms with van der Waals surface area (Å²) in [7, 11) is 0. The van der Waals surface area contributed by atoms with E-state index >= 15 is 0 Å². The summed E-state index contributed by atoms with van der Waals surface area (Å²) >= 11 is 12.0. The summed E-state index contributed by atoms with van der Waals surface area (Å²) in [5.41, 5.74) is 0.900. The Morgan fingerprint density at radius 2 is 1.73 bits per heavy atom. The number of rotatable bonds is 1. The van der Waals surface area contributed by atoms with Crippen molar-refractivity contribution in [2.45, 2.75) is 34.7 Å². The van der Waals surface area contributed by atoms with Crippen LogP contribution in [0.5, 0.6) is 0 Å². The average molecular weight is 408 g/mol. The average Bonchev–Trinajstić information content (AvgIpc) is 2.80. The molecular formula is C16H11Cl2F4N3O. The van der Waals surface area contributed by atoms with E-state index in [0.29, 0.717) is 16.3 Å². The van der Waals surface area contributed by atoms with Crippen LogP contribution in [0, 0.1) is 0 Å². The standard InChI is InChI=1S/C16H11Cl2F4N3O/c1-9(26)24-14(18)13(17,15(19,20)16(14,21)22)12-8-7-11(23-25(12)24)10-5-3-2-4-6-10/h2-8,12H,1H3. The number of fused-ring (bicyclic) bond motifs is 3. The van der Waals surface area contributed by atoms with Crippen molar-refractivity contribution >= 4 is 34.8 Å². The van der Waals surface area contributed by atoms with Gasteiger partial charge >= 0.3 is 11.8 Å². The third-order valence-electron chi connectivity index (χ3n) is 4.92. The number of allylic oxidation sites excluding steroid dienone is 1. The number of nitrogens with zero attached hydrogens (tertiary/aromatic N) is 3. The molecule has 3 unspecified atom stereocenters. The molecule has 0 N–H and O–H groups in total. The second-order valence-corrected chi connectivity index (χ2v) is 7.43. The molecule has 1 saturated carbocycles. The molecule has 3 atom stereocenters. The van der Waals surface area contributed by atoms with Crippen molar-refractivity contribution in [2.24, 2.45) is 5.10 Å². The van der Waals surface area contributed by atoms with Gasteiger partial charge in [-0.15, -0.1) is 11.6 Å². The molecule has 1 aliphatic carbocycles. The Kier molecular flexibility index (Phi) is 3.33. The highest BCUT2D eigenvalue weighted by atomic mass is 35.5. The Balaban J connectivity index is 1.89. The second kappa shape index (κ2) is 4.92. The van der Waals surface area contributed by atoms with Crippen LogP contribution in [0.3, 0.4) is 0 Å². The smallest absolute Gasteiger partial charge is 0.273 e. The minimum Gasteiger partial charge on any atom is -0.273 e. The lowest BCUT2D eigenvalue weighted by atomic mass is 9.67. The molecule has 26 heavy (non-hydrogen) atoms. The van der Waals surface area contributed by atoms with Crippen molar-refractivity contribution in [2.75, 3.05) is 0 Å². The molecule has 1 aromatic carbocycles. The lowest BCUT2D eigenvalue weighted by Crippen LogP contribution is -2.88. The van der Waals surface area contributed by atoms with Crippen LogP contribution in [0.15, 0.2) is 47.6 Å². The zero-order valence-electron chi connectivity index (χ0n) is 13.1. The molecule has 0 aromatic heterocycles. The fourth-order valence-corrected chi connectivity index (χ4v) is 4.69. The van der Waals surface area contributed by atoms with Gasteiger partial charge in [-0.25, -0.2) is 5.01 Å². The van der Waals surface area contributed by atoms with Crippen molar-refractivity contribution in [1.82, 2.24) is 10.1 Å². The van der Waals surface area contributed by atoms with Gasteiger partial charge in [-0.05, 0) is 6.08 Å². The number of amides is 1. The highest BCUT2D eigenvalue weighted by Crippen LogP contribution is 2.76. The number of hydrogen-bond donors (Lipinski definition) is 0. The summed E-state index contributed by atoms with van der Waals surface area (Å²) in [5, 5.41) is 5.18. The van der Waals surface area contributed by atoms with Gasteiger partial charge in [0.05, 0.1) is 5.71 Å². The number of halogens is 6. The zero-order chi connectivity index (χ0) is 19.1. The topological polar surface area (TPSA) is 35.9 Å². The van der Waals surface area contributed by atoms with Gasteiger partial charge in [0.1, 0.15) is 6.04 Å². The molecular weight excluding hydrogens is 397 g/mol. The van der Waals surface area contributed by atoms with Crippen LogP contribution in [-0.2, 0) is 4.79 Å². The summed E-state index contributed by atoms with van der Waals surface area (Å²) in [6.45, 7) is 0.937. The molecule has 0 bridgehead atoms. The van der Waals surface area contributed by atoms with Crippen LogP contribution in [0.1, 0.15) is 12.5 Å². The number of hydrazine groups is 1. The van der Waals surface area contributed by atoms with Gasteiger partial charge in [-0.1, -0.05) is 48.0 Å². The predicted molar refractivity (Wildman–Crippen MR) is 87.3 cm³/mol. The number of benzene rings is 1. The first-order valence-corrected chi connectivity index (χ1v) is 8.33. The Hall–Kier alpha value is -1.80. The van der Waals surface area contributed by atoms with Crippen molar-refractivity contribution in [1.29, 1.82) is 0 Å². The van der Waals surface area contributed by atoms with Crippen molar-refractivity contribution in [3.63, 3.8) is 0 Å². The molecule has 0 spiro atoms. The Bertz CT molecular complexity index is 862. The van der Waals surface area contributed by atoms with Crippen LogP contribution in [-0.4, -0.2) is 49.5 Å². The Morgan fingerprint density at radius 1 is 1.12 bits per heavy atom. The SMILES string of the molecule is CC(=O)N1N2N=C(c3ccccc3)C=CC2C2(Cl)C(F)(F)C(F)(F)C12Cl. The summed E-state index contributed by atoms with van der Waals surface area (Å²) in [6, 6.07) is 7.09. The summed E-state index contributed by atoms with van der Waals surface area (Å²) in [6.07, 6.45) is 2.61. The van der Waals surface area contributed by atoms with E-state index in [1.165, 1.54) is 12.2 Å². The lowest BCUT2D eigenvalue weighted by Gasteiger charge is -2.58. The van der Waals surface area contributed by atoms with E-state index in [1.807, 2.05) is 0 Å². The normalized spacial score (nSPS) is 36.1. The summed E-state index contributed by atoms with van der Waals surface area (Å²) < 4.78 is 57.3. The third-order valence-corrected chi connectivity index (χ3v) is 6.44.